The largest absolute Gasteiger partial charge is 0.381 e. The summed E-state index contributed by atoms with van der Waals surface area (Å²) in [4.78, 5) is 14.9. The van der Waals surface area contributed by atoms with Crippen LogP contribution in [-0.4, -0.2) is 58.4 Å². The highest BCUT2D eigenvalue weighted by Gasteiger charge is 2.47. The number of carbonyl (C=O) groups excluding carboxylic acids is 1. The van der Waals surface area contributed by atoms with Gasteiger partial charge in [-0.3, -0.25) is 14.4 Å². The molecule has 6 nitrogen and oxygen atoms in total. The van der Waals surface area contributed by atoms with Gasteiger partial charge in [0, 0.05) is 57.4 Å². The molecule has 1 saturated carbocycles. The average Bonchev–Trinajstić information content (AvgIpc) is 3.01. The lowest BCUT2D eigenvalue weighted by Crippen LogP contribution is -2.55. The summed E-state index contributed by atoms with van der Waals surface area (Å²) >= 11 is 0. The van der Waals surface area contributed by atoms with Crippen molar-refractivity contribution in [1.82, 2.24) is 20.0 Å². The predicted molar refractivity (Wildman–Crippen MR) is 81.6 cm³/mol. The first-order valence-electron chi connectivity index (χ1n) is 8.54. The van der Waals surface area contributed by atoms with Gasteiger partial charge in [-0.2, -0.15) is 5.10 Å². The van der Waals surface area contributed by atoms with E-state index in [1.165, 1.54) is 0 Å². The Balaban J connectivity index is 1.46. The summed E-state index contributed by atoms with van der Waals surface area (Å²) in [6.45, 7) is 2.81. The molecule has 0 spiro atoms. The molecule has 1 aromatic heterocycles. The van der Waals surface area contributed by atoms with Gasteiger partial charge < -0.3 is 10.1 Å². The van der Waals surface area contributed by atoms with Crippen molar-refractivity contribution in [3.63, 3.8) is 0 Å². The molecule has 1 atom stereocenters. The zero-order valence-corrected chi connectivity index (χ0v) is 13.5. The van der Waals surface area contributed by atoms with E-state index in [0.29, 0.717) is 12.6 Å². The van der Waals surface area contributed by atoms with Crippen molar-refractivity contribution in [3.05, 3.63) is 18.0 Å². The minimum Gasteiger partial charge on any atom is -0.381 e. The molecule has 2 fully saturated rings. The Bertz CT molecular complexity index is 607. The van der Waals surface area contributed by atoms with Crippen molar-refractivity contribution in [2.75, 3.05) is 19.8 Å². The van der Waals surface area contributed by atoms with E-state index in [4.69, 9.17) is 4.74 Å². The maximum atomic E-state index is 13.0. The van der Waals surface area contributed by atoms with Crippen LogP contribution in [0, 0.1) is 0 Å². The van der Waals surface area contributed by atoms with Gasteiger partial charge in [-0.1, -0.05) is 0 Å². The van der Waals surface area contributed by atoms with Crippen LogP contribution in [0.2, 0.25) is 0 Å². The van der Waals surface area contributed by atoms with E-state index < -0.39 is 18.0 Å². The number of ether oxygens (including phenoxy) is 1. The van der Waals surface area contributed by atoms with E-state index >= 15 is 0 Å². The lowest BCUT2D eigenvalue weighted by atomic mass is 9.88. The highest BCUT2D eigenvalue weighted by atomic mass is 19.3. The maximum absolute atomic E-state index is 13.0. The van der Waals surface area contributed by atoms with Gasteiger partial charge in [-0.05, 0) is 18.9 Å². The number of rotatable bonds is 3. The fourth-order valence-corrected chi connectivity index (χ4v) is 3.90. The molecule has 4 rings (SSSR count). The minimum absolute atomic E-state index is 0.211. The number of carbonyl (C=O) groups is 1. The maximum Gasteiger partial charge on any atom is 0.252 e. The molecule has 24 heavy (non-hydrogen) atoms. The summed E-state index contributed by atoms with van der Waals surface area (Å²) in [6, 6.07) is 1.43. The Morgan fingerprint density at radius 3 is 2.79 bits per heavy atom. The zero-order chi connectivity index (χ0) is 16.7. The van der Waals surface area contributed by atoms with Crippen molar-refractivity contribution in [1.29, 1.82) is 0 Å². The van der Waals surface area contributed by atoms with Crippen LogP contribution in [0.1, 0.15) is 37.4 Å². The lowest BCUT2D eigenvalue weighted by molar-refractivity contribution is -0.134. The Morgan fingerprint density at radius 2 is 2.08 bits per heavy atom. The molecule has 1 saturated heterocycles. The first-order chi connectivity index (χ1) is 11.5. The molecule has 1 aliphatic carbocycles. The van der Waals surface area contributed by atoms with Gasteiger partial charge in [-0.25, -0.2) is 8.78 Å². The van der Waals surface area contributed by atoms with Gasteiger partial charge in [0.25, 0.3) is 5.92 Å². The summed E-state index contributed by atoms with van der Waals surface area (Å²) in [7, 11) is 0. The number of nitrogens with zero attached hydrogens (tertiary/aromatic N) is 3. The number of halogens is 2. The molecule has 1 aromatic rings. The quantitative estimate of drug-likeness (QED) is 0.902. The summed E-state index contributed by atoms with van der Waals surface area (Å²) < 4.78 is 33.1. The molecule has 3 aliphatic rings. The van der Waals surface area contributed by atoms with Crippen molar-refractivity contribution in [2.24, 2.45) is 0 Å². The monoisotopic (exact) mass is 340 g/mol. The smallest absolute Gasteiger partial charge is 0.252 e. The molecule has 132 valence electrons. The lowest BCUT2D eigenvalue weighted by Gasteiger charge is -2.41. The van der Waals surface area contributed by atoms with Gasteiger partial charge in [0.2, 0.25) is 5.91 Å². The van der Waals surface area contributed by atoms with Gasteiger partial charge >= 0.3 is 0 Å². The highest BCUT2D eigenvalue weighted by Crippen LogP contribution is 2.37. The van der Waals surface area contributed by atoms with Gasteiger partial charge in [0.1, 0.15) is 6.04 Å². The molecule has 0 unspecified atom stereocenters. The van der Waals surface area contributed by atoms with Crippen molar-refractivity contribution in [2.45, 2.75) is 56.3 Å². The third kappa shape index (κ3) is 3.04. The van der Waals surface area contributed by atoms with Crippen LogP contribution in [0.5, 0.6) is 0 Å². The average molecular weight is 340 g/mol. The second-order valence-electron chi connectivity index (χ2n) is 7.03. The van der Waals surface area contributed by atoms with Crippen molar-refractivity contribution < 1.29 is 18.3 Å². The SMILES string of the molecule is O=C(NC1CC(F)(F)C1)[C@@H]1CN(C2CCOCC2)Cc2ccnn21. The van der Waals surface area contributed by atoms with E-state index in [1.54, 1.807) is 10.9 Å². The Kier molecular flexibility index (Phi) is 4.04. The van der Waals surface area contributed by atoms with E-state index in [-0.39, 0.29) is 18.7 Å². The minimum atomic E-state index is -2.63. The Labute approximate surface area is 139 Å². The van der Waals surface area contributed by atoms with Crippen molar-refractivity contribution >= 4 is 5.91 Å². The number of nitrogens with one attached hydrogen (secondary N) is 1. The zero-order valence-electron chi connectivity index (χ0n) is 13.5. The molecule has 1 N–H and O–H groups in total. The summed E-state index contributed by atoms with van der Waals surface area (Å²) in [5, 5.41) is 7.04. The first-order valence-corrected chi connectivity index (χ1v) is 8.54. The first kappa shape index (κ1) is 16.0. The molecule has 2 aliphatic heterocycles. The second kappa shape index (κ2) is 6.07. The third-order valence-corrected chi connectivity index (χ3v) is 5.27. The summed E-state index contributed by atoms with van der Waals surface area (Å²) in [6.07, 6.45) is 3.08. The number of fused-ring (bicyclic) bond motifs is 1. The predicted octanol–water partition coefficient (Wildman–Crippen LogP) is 1.33. The van der Waals surface area contributed by atoms with Crippen LogP contribution in [0.15, 0.2) is 12.3 Å². The van der Waals surface area contributed by atoms with E-state index in [2.05, 4.69) is 15.3 Å². The van der Waals surface area contributed by atoms with Gasteiger partial charge in [0.15, 0.2) is 0 Å². The highest BCUT2D eigenvalue weighted by molar-refractivity contribution is 5.81. The van der Waals surface area contributed by atoms with Gasteiger partial charge in [-0.15, -0.1) is 0 Å². The molecule has 3 heterocycles. The van der Waals surface area contributed by atoms with E-state index in [9.17, 15) is 13.6 Å². The normalized spacial score (nSPS) is 28.2. The molecule has 8 heteroatoms. The van der Waals surface area contributed by atoms with E-state index in [1.807, 2.05) is 6.07 Å². The fourth-order valence-electron chi connectivity index (χ4n) is 3.90. The Morgan fingerprint density at radius 1 is 1.33 bits per heavy atom. The topological polar surface area (TPSA) is 59.4 Å². The summed E-state index contributed by atoms with van der Waals surface area (Å²) in [5.41, 5.74) is 0.992. The number of hydrogen-bond donors (Lipinski definition) is 1. The molecule has 0 radical (unpaired) electrons. The molecular formula is C16H22F2N4O2. The Hall–Kier alpha value is -1.54. The fraction of sp³-hybridized carbons (Fsp3) is 0.750. The van der Waals surface area contributed by atoms with Crippen molar-refractivity contribution in [3.8, 4) is 0 Å². The van der Waals surface area contributed by atoms with Crippen LogP contribution in [0.4, 0.5) is 8.78 Å². The number of hydrogen-bond acceptors (Lipinski definition) is 4. The molecular weight excluding hydrogens is 318 g/mol. The third-order valence-electron chi connectivity index (χ3n) is 5.27. The number of alkyl halides is 2. The van der Waals surface area contributed by atoms with Gasteiger partial charge in [0.05, 0.1) is 5.69 Å². The van der Waals surface area contributed by atoms with Crippen LogP contribution in [-0.2, 0) is 16.1 Å². The van der Waals surface area contributed by atoms with Crippen LogP contribution in [0.25, 0.3) is 0 Å². The molecule has 0 aromatic carbocycles. The van der Waals surface area contributed by atoms with Crippen LogP contribution < -0.4 is 5.32 Å². The summed E-state index contributed by atoms with van der Waals surface area (Å²) in [5.74, 6) is -2.84. The van der Waals surface area contributed by atoms with Crippen LogP contribution in [0.3, 0.4) is 0 Å². The standard InChI is InChI=1S/C16H22F2N4O2/c17-16(18)7-11(8-16)20-15(23)14-10-21(12-2-5-24-6-3-12)9-13-1-4-19-22(13)14/h1,4,11-12,14H,2-3,5-10H2,(H,20,23)/t14-/m0/s1. The number of amides is 1. The second-order valence-corrected chi connectivity index (χ2v) is 7.03. The number of aromatic nitrogens is 2. The van der Waals surface area contributed by atoms with E-state index in [0.717, 1.165) is 38.3 Å². The van der Waals surface area contributed by atoms with Crippen LogP contribution >= 0.6 is 0 Å². The molecule has 1 amide bonds. The molecule has 0 bridgehead atoms.